The monoisotopic (exact) mass is 246 g/mol. The van der Waals surface area contributed by atoms with Gasteiger partial charge in [0.1, 0.15) is 0 Å². The lowest BCUT2D eigenvalue weighted by molar-refractivity contribution is 0.0848. The lowest BCUT2D eigenvalue weighted by atomic mass is 10.1. The van der Waals surface area contributed by atoms with E-state index in [1.165, 1.54) is 38.9 Å². The quantitative estimate of drug-likeness (QED) is 0.630. The highest BCUT2D eigenvalue weighted by Crippen LogP contribution is 2.09. The van der Waals surface area contributed by atoms with Crippen molar-refractivity contribution >= 4 is 11.8 Å². The summed E-state index contributed by atoms with van der Waals surface area (Å²) in [5, 5.41) is 13.3. The van der Waals surface area contributed by atoms with Crippen LogP contribution in [0.25, 0.3) is 0 Å². The van der Waals surface area contributed by atoms with E-state index in [1.807, 2.05) is 13.2 Å². The Morgan fingerprint density at radius 1 is 1.38 bits per heavy atom. The second-order valence-corrected chi connectivity index (χ2v) is 5.88. The lowest BCUT2D eigenvalue weighted by Gasteiger charge is -2.23. The zero-order valence-corrected chi connectivity index (χ0v) is 11.5. The van der Waals surface area contributed by atoms with Crippen molar-refractivity contribution < 1.29 is 5.11 Å². The van der Waals surface area contributed by atoms with Crippen molar-refractivity contribution in [3.63, 3.8) is 0 Å². The van der Waals surface area contributed by atoms with Crippen LogP contribution in [-0.2, 0) is 0 Å². The summed E-state index contributed by atoms with van der Waals surface area (Å²) in [6.07, 6.45) is 5.96. The van der Waals surface area contributed by atoms with E-state index in [4.69, 9.17) is 0 Å². The van der Waals surface area contributed by atoms with Gasteiger partial charge in [0.25, 0.3) is 0 Å². The van der Waals surface area contributed by atoms with Gasteiger partial charge in [-0.15, -0.1) is 0 Å². The molecule has 0 aliphatic carbocycles. The number of nitrogens with one attached hydrogen (secondary N) is 1. The van der Waals surface area contributed by atoms with Crippen LogP contribution in [0.1, 0.15) is 26.2 Å². The minimum atomic E-state index is -0.562. The van der Waals surface area contributed by atoms with Crippen molar-refractivity contribution in [1.82, 2.24) is 10.2 Å². The first-order valence-corrected chi connectivity index (χ1v) is 7.68. The standard InChI is InChI=1S/C12H26N2OS/c1-12(15,11-16-2)10-13-6-5-9-14-7-3-4-8-14/h13,15H,3-11H2,1-2H3. The van der Waals surface area contributed by atoms with E-state index >= 15 is 0 Å². The van der Waals surface area contributed by atoms with E-state index in [2.05, 4.69) is 10.2 Å². The molecule has 1 saturated heterocycles. The summed E-state index contributed by atoms with van der Waals surface area (Å²) < 4.78 is 0. The van der Waals surface area contributed by atoms with Gasteiger partial charge in [-0.25, -0.2) is 0 Å². The van der Waals surface area contributed by atoms with Crippen LogP contribution >= 0.6 is 11.8 Å². The van der Waals surface area contributed by atoms with Crippen LogP contribution in [0.5, 0.6) is 0 Å². The molecule has 0 aromatic heterocycles. The van der Waals surface area contributed by atoms with Gasteiger partial charge in [-0.05, 0) is 58.6 Å². The molecule has 4 heteroatoms. The number of nitrogens with zero attached hydrogens (tertiary/aromatic N) is 1. The summed E-state index contributed by atoms with van der Waals surface area (Å²) in [5.74, 6) is 0.798. The van der Waals surface area contributed by atoms with E-state index in [0.29, 0.717) is 6.54 Å². The number of thioether (sulfide) groups is 1. The molecule has 16 heavy (non-hydrogen) atoms. The van der Waals surface area contributed by atoms with E-state index < -0.39 is 5.60 Å². The van der Waals surface area contributed by atoms with Gasteiger partial charge >= 0.3 is 0 Å². The summed E-state index contributed by atoms with van der Waals surface area (Å²) >= 11 is 1.69. The Labute approximate surface area is 104 Å². The fourth-order valence-electron chi connectivity index (χ4n) is 2.15. The summed E-state index contributed by atoms with van der Waals surface area (Å²) in [7, 11) is 0. The van der Waals surface area contributed by atoms with Crippen LogP contribution in [0.4, 0.5) is 0 Å². The van der Waals surface area contributed by atoms with Crippen molar-refractivity contribution in [2.24, 2.45) is 0 Å². The molecule has 0 aromatic carbocycles. The van der Waals surface area contributed by atoms with E-state index in [0.717, 1.165) is 12.3 Å². The van der Waals surface area contributed by atoms with Gasteiger partial charge in [0.05, 0.1) is 5.60 Å². The number of aliphatic hydroxyl groups is 1. The van der Waals surface area contributed by atoms with Crippen LogP contribution in [-0.4, -0.2) is 60.3 Å². The molecule has 0 radical (unpaired) electrons. The Hall–Kier alpha value is 0.230. The van der Waals surface area contributed by atoms with Crippen LogP contribution in [0.15, 0.2) is 0 Å². The predicted molar refractivity (Wildman–Crippen MR) is 72.2 cm³/mol. The second-order valence-electron chi connectivity index (χ2n) is 5.01. The molecule has 0 amide bonds. The maximum atomic E-state index is 9.93. The summed E-state index contributed by atoms with van der Waals surface area (Å²) in [5.41, 5.74) is -0.562. The van der Waals surface area contributed by atoms with Gasteiger partial charge in [0.15, 0.2) is 0 Å². The average molecular weight is 246 g/mol. The van der Waals surface area contributed by atoms with E-state index in [1.54, 1.807) is 11.8 Å². The Morgan fingerprint density at radius 2 is 2.06 bits per heavy atom. The molecule has 2 N–H and O–H groups in total. The molecule has 0 bridgehead atoms. The molecule has 0 aromatic rings. The minimum absolute atomic E-state index is 0.562. The van der Waals surface area contributed by atoms with Crippen molar-refractivity contribution in [2.75, 3.05) is 44.7 Å². The number of rotatable bonds is 8. The Balaban J connectivity index is 1.94. The highest BCUT2D eigenvalue weighted by Gasteiger charge is 2.18. The normalized spacial score (nSPS) is 21.2. The highest BCUT2D eigenvalue weighted by atomic mass is 32.2. The fourth-order valence-corrected chi connectivity index (χ4v) is 2.88. The third-order valence-corrected chi connectivity index (χ3v) is 3.90. The molecule has 1 aliphatic rings. The maximum Gasteiger partial charge on any atom is 0.0833 e. The zero-order chi connectivity index (χ0) is 11.9. The molecule has 96 valence electrons. The first-order chi connectivity index (χ1) is 7.64. The topological polar surface area (TPSA) is 35.5 Å². The summed E-state index contributed by atoms with van der Waals surface area (Å²) in [6, 6.07) is 0. The van der Waals surface area contributed by atoms with Gasteiger partial charge in [0, 0.05) is 12.3 Å². The average Bonchev–Trinajstić information content (AvgIpc) is 2.69. The minimum Gasteiger partial charge on any atom is -0.388 e. The zero-order valence-electron chi connectivity index (χ0n) is 10.7. The van der Waals surface area contributed by atoms with Gasteiger partial charge in [0.2, 0.25) is 0 Å². The second kappa shape index (κ2) is 7.54. The van der Waals surface area contributed by atoms with Crippen LogP contribution < -0.4 is 5.32 Å². The van der Waals surface area contributed by atoms with Crippen LogP contribution in [0.3, 0.4) is 0 Å². The molecule has 1 atom stereocenters. The predicted octanol–water partition coefficient (Wildman–Crippen LogP) is 1.18. The Kier molecular flexibility index (Phi) is 6.73. The maximum absolute atomic E-state index is 9.93. The van der Waals surface area contributed by atoms with Crippen LogP contribution in [0.2, 0.25) is 0 Å². The third-order valence-electron chi connectivity index (χ3n) is 2.99. The van der Waals surface area contributed by atoms with Crippen molar-refractivity contribution in [3.05, 3.63) is 0 Å². The van der Waals surface area contributed by atoms with Crippen molar-refractivity contribution in [2.45, 2.75) is 31.8 Å². The Morgan fingerprint density at radius 3 is 2.69 bits per heavy atom. The van der Waals surface area contributed by atoms with Gasteiger partial charge in [-0.3, -0.25) is 0 Å². The largest absolute Gasteiger partial charge is 0.388 e. The molecule has 0 saturated carbocycles. The summed E-state index contributed by atoms with van der Waals surface area (Å²) in [6.45, 7) is 7.39. The van der Waals surface area contributed by atoms with Crippen LogP contribution in [0, 0.1) is 0 Å². The summed E-state index contributed by atoms with van der Waals surface area (Å²) in [4.78, 5) is 2.53. The molecule has 3 nitrogen and oxygen atoms in total. The molecule has 1 unspecified atom stereocenters. The molecule has 1 fully saturated rings. The van der Waals surface area contributed by atoms with Gasteiger partial charge in [-0.1, -0.05) is 0 Å². The highest BCUT2D eigenvalue weighted by molar-refractivity contribution is 7.98. The molecule has 1 rings (SSSR count). The Bertz CT molecular complexity index is 182. The number of likely N-dealkylation sites (tertiary alicyclic amines) is 1. The lowest BCUT2D eigenvalue weighted by Crippen LogP contribution is -2.40. The van der Waals surface area contributed by atoms with Crippen molar-refractivity contribution in [3.8, 4) is 0 Å². The van der Waals surface area contributed by atoms with Gasteiger partial charge in [-0.2, -0.15) is 11.8 Å². The van der Waals surface area contributed by atoms with E-state index in [-0.39, 0.29) is 0 Å². The number of hydrogen-bond acceptors (Lipinski definition) is 4. The molecule has 1 heterocycles. The smallest absolute Gasteiger partial charge is 0.0833 e. The fraction of sp³-hybridized carbons (Fsp3) is 1.00. The number of hydrogen-bond donors (Lipinski definition) is 2. The molecular weight excluding hydrogens is 220 g/mol. The van der Waals surface area contributed by atoms with Crippen molar-refractivity contribution in [1.29, 1.82) is 0 Å². The third kappa shape index (κ3) is 6.09. The SMILES string of the molecule is CSCC(C)(O)CNCCCN1CCCC1. The first-order valence-electron chi connectivity index (χ1n) is 6.28. The molecule has 0 spiro atoms. The van der Waals surface area contributed by atoms with Gasteiger partial charge < -0.3 is 15.3 Å². The first kappa shape index (κ1) is 14.3. The molecular formula is C12H26N2OS. The van der Waals surface area contributed by atoms with E-state index in [9.17, 15) is 5.11 Å². The molecule has 1 aliphatic heterocycles.